The Hall–Kier alpha value is -4.80. The smallest absolute Gasteiger partial charge is 0.416 e. The third kappa shape index (κ3) is 7.65. The van der Waals surface area contributed by atoms with Crippen LogP contribution in [0.5, 0.6) is 5.75 Å². The second-order valence-corrected chi connectivity index (χ2v) is 9.22. The zero-order valence-electron chi connectivity index (χ0n) is 22.6. The summed E-state index contributed by atoms with van der Waals surface area (Å²) in [5.74, 6) is 0.551. The number of nitrogens with one attached hydrogen (secondary N) is 2. The van der Waals surface area contributed by atoms with E-state index >= 15 is 0 Å². The third-order valence-corrected chi connectivity index (χ3v) is 6.21. The van der Waals surface area contributed by atoms with Crippen molar-refractivity contribution in [1.29, 1.82) is 0 Å². The topological polar surface area (TPSA) is 88.5 Å². The average molecular weight is 566 g/mol. The molecular formula is C30H30F3N5O3. The highest BCUT2D eigenvalue weighted by Gasteiger charge is 2.30. The number of carbonyl (C=O) groups excluding carboxylic acids is 2. The largest absolute Gasteiger partial charge is 0.497 e. The lowest BCUT2D eigenvalue weighted by Crippen LogP contribution is -2.41. The number of anilines is 2. The molecule has 8 nitrogen and oxygen atoms in total. The van der Waals surface area contributed by atoms with Crippen LogP contribution in [0.1, 0.15) is 25.3 Å². The van der Waals surface area contributed by atoms with E-state index in [9.17, 15) is 22.8 Å². The Labute approximate surface area is 235 Å². The Balaban J connectivity index is 1.55. The van der Waals surface area contributed by atoms with E-state index in [1.165, 1.54) is 17.0 Å². The molecule has 4 aromatic rings. The van der Waals surface area contributed by atoms with E-state index in [1.54, 1.807) is 42.1 Å². The first-order valence-corrected chi connectivity index (χ1v) is 13.0. The Morgan fingerprint density at radius 2 is 1.68 bits per heavy atom. The van der Waals surface area contributed by atoms with Crippen LogP contribution in [0.3, 0.4) is 0 Å². The zero-order valence-corrected chi connectivity index (χ0v) is 22.6. The Bertz CT molecular complexity index is 1470. The third-order valence-electron chi connectivity index (χ3n) is 6.21. The SMILES string of the molecule is CCCCN(CC(=O)Nc1cc(-c2ccccc2)nn1-c1ccc(OC)cc1)C(=O)Nc1cccc(C(F)(F)F)c1. The van der Waals surface area contributed by atoms with Crippen molar-refractivity contribution in [3.05, 3.63) is 90.5 Å². The molecule has 4 rings (SSSR count). The van der Waals surface area contributed by atoms with Gasteiger partial charge in [-0.15, -0.1) is 0 Å². The summed E-state index contributed by atoms with van der Waals surface area (Å²) in [4.78, 5) is 27.5. The molecule has 0 radical (unpaired) electrons. The Morgan fingerprint density at radius 3 is 2.34 bits per heavy atom. The first kappa shape index (κ1) is 29.2. The fraction of sp³-hybridized carbons (Fsp3) is 0.233. The highest BCUT2D eigenvalue weighted by Crippen LogP contribution is 2.31. The summed E-state index contributed by atoms with van der Waals surface area (Å²) in [6.07, 6.45) is -3.20. The molecule has 0 fully saturated rings. The number of aromatic nitrogens is 2. The fourth-order valence-electron chi connectivity index (χ4n) is 4.07. The second-order valence-electron chi connectivity index (χ2n) is 9.22. The predicted molar refractivity (Wildman–Crippen MR) is 151 cm³/mol. The van der Waals surface area contributed by atoms with E-state index in [0.717, 1.165) is 24.1 Å². The first-order valence-electron chi connectivity index (χ1n) is 13.0. The van der Waals surface area contributed by atoms with Crippen molar-refractivity contribution in [3.63, 3.8) is 0 Å². The standard InChI is InChI=1S/C30H30F3N5O3/c1-3-4-17-37(29(40)34-23-12-8-11-22(18-23)30(31,32)33)20-28(39)35-27-19-26(21-9-6-5-7-10-21)36-38(27)24-13-15-25(41-2)16-14-24/h5-16,18-19H,3-4,17,20H2,1-2H3,(H,34,40)(H,35,39). The molecule has 41 heavy (non-hydrogen) atoms. The number of unbranched alkanes of at least 4 members (excludes halogenated alkanes) is 1. The highest BCUT2D eigenvalue weighted by molar-refractivity contribution is 5.97. The van der Waals surface area contributed by atoms with Crippen molar-refractivity contribution >= 4 is 23.4 Å². The molecule has 0 aliphatic heterocycles. The van der Waals surface area contributed by atoms with E-state index < -0.39 is 23.7 Å². The maximum atomic E-state index is 13.2. The average Bonchev–Trinajstić information content (AvgIpc) is 3.39. The number of benzene rings is 3. The van der Waals surface area contributed by atoms with Crippen molar-refractivity contribution in [2.45, 2.75) is 25.9 Å². The molecule has 0 atom stereocenters. The van der Waals surface area contributed by atoms with Gasteiger partial charge in [0.15, 0.2) is 0 Å². The van der Waals surface area contributed by atoms with Gasteiger partial charge in [0.25, 0.3) is 0 Å². The van der Waals surface area contributed by atoms with Crippen molar-refractivity contribution in [2.75, 3.05) is 30.8 Å². The van der Waals surface area contributed by atoms with Crippen molar-refractivity contribution < 1.29 is 27.5 Å². The predicted octanol–water partition coefficient (Wildman–Crippen LogP) is 6.84. The summed E-state index contributed by atoms with van der Waals surface area (Å²) < 4.78 is 46.2. The number of carbonyl (C=O) groups is 2. The van der Waals surface area contributed by atoms with Gasteiger partial charge in [0, 0.05) is 23.9 Å². The summed E-state index contributed by atoms with van der Waals surface area (Å²) in [5, 5.41) is 10.0. The number of methoxy groups -OCH3 is 1. The number of amides is 3. The number of rotatable bonds is 10. The Morgan fingerprint density at radius 1 is 0.951 bits per heavy atom. The van der Waals surface area contributed by atoms with Gasteiger partial charge in [0.1, 0.15) is 18.1 Å². The van der Waals surface area contributed by atoms with Gasteiger partial charge in [0.05, 0.1) is 24.1 Å². The zero-order chi connectivity index (χ0) is 29.4. The molecule has 0 bridgehead atoms. The van der Waals surface area contributed by atoms with Gasteiger partial charge in [0.2, 0.25) is 5.91 Å². The van der Waals surface area contributed by atoms with Gasteiger partial charge >= 0.3 is 12.2 Å². The van der Waals surface area contributed by atoms with Crippen LogP contribution < -0.4 is 15.4 Å². The lowest BCUT2D eigenvalue weighted by atomic mass is 10.1. The van der Waals surface area contributed by atoms with E-state index in [1.807, 2.05) is 37.3 Å². The van der Waals surface area contributed by atoms with Gasteiger partial charge in [-0.25, -0.2) is 9.48 Å². The molecule has 1 aromatic heterocycles. The maximum Gasteiger partial charge on any atom is 0.416 e. The summed E-state index contributed by atoms with van der Waals surface area (Å²) in [6, 6.07) is 22.0. The molecule has 0 saturated heterocycles. The molecule has 11 heteroatoms. The van der Waals surface area contributed by atoms with Crippen molar-refractivity contribution in [1.82, 2.24) is 14.7 Å². The van der Waals surface area contributed by atoms with Gasteiger partial charge in [-0.3, -0.25) is 4.79 Å². The summed E-state index contributed by atoms with van der Waals surface area (Å²) in [5.41, 5.74) is 1.25. The molecular weight excluding hydrogens is 535 g/mol. The maximum absolute atomic E-state index is 13.2. The van der Waals surface area contributed by atoms with Crippen LogP contribution in [0.4, 0.5) is 29.5 Å². The number of urea groups is 1. The number of hydrogen-bond acceptors (Lipinski definition) is 4. The molecule has 0 spiro atoms. The van der Waals surface area contributed by atoms with E-state index in [0.29, 0.717) is 29.4 Å². The van der Waals surface area contributed by atoms with Crippen LogP contribution in [0, 0.1) is 0 Å². The van der Waals surface area contributed by atoms with Crippen LogP contribution in [-0.2, 0) is 11.0 Å². The van der Waals surface area contributed by atoms with Gasteiger partial charge < -0.3 is 20.3 Å². The molecule has 214 valence electrons. The molecule has 0 aliphatic rings. The summed E-state index contributed by atoms with van der Waals surface area (Å²) in [6.45, 7) is 1.85. The first-order chi connectivity index (χ1) is 19.7. The van der Waals surface area contributed by atoms with E-state index in [4.69, 9.17) is 4.74 Å². The number of halogens is 3. The lowest BCUT2D eigenvalue weighted by Gasteiger charge is -2.23. The van der Waals surface area contributed by atoms with Crippen molar-refractivity contribution in [3.8, 4) is 22.7 Å². The second kappa shape index (κ2) is 13.0. The molecule has 3 amide bonds. The summed E-state index contributed by atoms with van der Waals surface area (Å²) >= 11 is 0. The minimum atomic E-state index is -4.55. The summed E-state index contributed by atoms with van der Waals surface area (Å²) in [7, 11) is 1.57. The molecule has 3 aromatic carbocycles. The van der Waals surface area contributed by atoms with Gasteiger partial charge in [-0.05, 0) is 48.9 Å². The number of nitrogens with zero attached hydrogens (tertiary/aromatic N) is 3. The van der Waals surface area contributed by atoms with Gasteiger partial charge in [-0.1, -0.05) is 49.7 Å². The molecule has 0 unspecified atom stereocenters. The monoisotopic (exact) mass is 565 g/mol. The van der Waals surface area contributed by atoms with Crippen LogP contribution in [0.2, 0.25) is 0 Å². The van der Waals surface area contributed by atoms with Crippen LogP contribution in [-0.4, -0.2) is 46.8 Å². The highest BCUT2D eigenvalue weighted by atomic mass is 19.4. The molecule has 0 aliphatic carbocycles. The fourth-order valence-corrected chi connectivity index (χ4v) is 4.07. The van der Waals surface area contributed by atoms with E-state index in [-0.39, 0.29) is 18.8 Å². The number of ether oxygens (including phenoxy) is 1. The normalized spacial score (nSPS) is 11.1. The van der Waals surface area contributed by atoms with Crippen LogP contribution in [0.15, 0.2) is 84.9 Å². The Kier molecular flexibility index (Phi) is 9.28. The molecule has 1 heterocycles. The van der Waals surface area contributed by atoms with Crippen molar-refractivity contribution in [2.24, 2.45) is 0 Å². The quantitative estimate of drug-likeness (QED) is 0.220. The number of hydrogen-bond donors (Lipinski definition) is 2. The van der Waals surface area contributed by atoms with Crippen LogP contribution in [0.25, 0.3) is 16.9 Å². The van der Waals surface area contributed by atoms with Gasteiger partial charge in [-0.2, -0.15) is 18.3 Å². The number of alkyl halides is 3. The molecule has 2 N–H and O–H groups in total. The lowest BCUT2D eigenvalue weighted by molar-refractivity contribution is -0.137. The molecule has 0 saturated carbocycles. The minimum Gasteiger partial charge on any atom is -0.497 e. The minimum absolute atomic E-state index is 0.0168. The van der Waals surface area contributed by atoms with E-state index in [2.05, 4.69) is 15.7 Å². The van der Waals surface area contributed by atoms with Crippen LogP contribution >= 0.6 is 0 Å².